The van der Waals surface area contributed by atoms with Crippen molar-refractivity contribution in [1.29, 1.82) is 0 Å². The molecule has 1 aromatic heterocycles. The molecule has 0 spiro atoms. The van der Waals surface area contributed by atoms with Gasteiger partial charge in [0, 0.05) is 17.1 Å². The highest BCUT2D eigenvalue weighted by Gasteiger charge is 2.44. The Hall–Kier alpha value is -4.25. The van der Waals surface area contributed by atoms with Crippen molar-refractivity contribution < 1.29 is 18.7 Å². The maximum Gasteiger partial charge on any atom is 0.317 e. The van der Waals surface area contributed by atoms with E-state index in [0.717, 1.165) is 22.3 Å². The Bertz CT molecular complexity index is 1400. The monoisotopic (exact) mass is 477 g/mol. The van der Waals surface area contributed by atoms with Crippen LogP contribution in [0.15, 0.2) is 95.4 Å². The minimum atomic E-state index is -0.938. The third-order valence-electron chi connectivity index (χ3n) is 6.59. The number of esters is 1. The Morgan fingerprint density at radius 1 is 0.917 bits per heavy atom. The first-order valence-corrected chi connectivity index (χ1v) is 12.2. The number of nitrogens with zero attached hydrogens (tertiary/aromatic N) is 1. The lowest BCUT2D eigenvalue weighted by atomic mass is 9.69. The maximum absolute atomic E-state index is 14.2. The van der Waals surface area contributed by atoms with Gasteiger partial charge in [0.2, 0.25) is 5.89 Å². The van der Waals surface area contributed by atoms with E-state index in [0.29, 0.717) is 29.3 Å². The van der Waals surface area contributed by atoms with Gasteiger partial charge in [-0.2, -0.15) is 0 Å². The number of carbonyl (C=O) groups excluding carboxylic acids is 2. The number of allylic oxidation sites excluding steroid dienone is 2. The molecule has 0 saturated heterocycles. The van der Waals surface area contributed by atoms with Crippen LogP contribution < -0.4 is 0 Å². The van der Waals surface area contributed by atoms with Crippen LogP contribution in [0.3, 0.4) is 0 Å². The SMILES string of the molecule is CCOC(=O)C1C(=O)C(c2ccccc2)=C(c2nc(-c3ccccc3)oc2C)CC1c1ccccc1. The fourth-order valence-corrected chi connectivity index (χ4v) is 4.96. The summed E-state index contributed by atoms with van der Waals surface area (Å²) in [6.45, 7) is 3.83. The molecule has 5 rings (SSSR count). The number of hydrogen-bond donors (Lipinski definition) is 0. The number of aromatic nitrogens is 1. The molecule has 1 aliphatic rings. The zero-order chi connectivity index (χ0) is 25.1. The van der Waals surface area contributed by atoms with Crippen molar-refractivity contribution in [3.63, 3.8) is 0 Å². The molecule has 36 heavy (non-hydrogen) atoms. The van der Waals surface area contributed by atoms with Gasteiger partial charge in [-0.25, -0.2) is 4.98 Å². The van der Waals surface area contributed by atoms with Gasteiger partial charge in [-0.15, -0.1) is 0 Å². The van der Waals surface area contributed by atoms with Crippen molar-refractivity contribution in [3.8, 4) is 11.5 Å². The second-order valence-corrected chi connectivity index (χ2v) is 8.82. The lowest BCUT2D eigenvalue weighted by molar-refractivity contribution is -0.151. The number of Topliss-reactive ketones (excluding diaryl/α,β-unsaturated/α-hetero) is 1. The van der Waals surface area contributed by atoms with E-state index in [9.17, 15) is 9.59 Å². The van der Waals surface area contributed by atoms with Crippen molar-refractivity contribution >= 4 is 22.9 Å². The molecule has 0 fully saturated rings. The Labute approximate surface area is 210 Å². The molecule has 0 N–H and O–H groups in total. The topological polar surface area (TPSA) is 69.4 Å². The minimum absolute atomic E-state index is 0.212. The normalized spacial score (nSPS) is 17.8. The number of hydrogen-bond acceptors (Lipinski definition) is 5. The molecule has 1 heterocycles. The fraction of sp³-hybridized carbons (Fsp3) is 0.194. The van der Waals surface area contributed by atoms with Crippen LogP contribution in [0.2, 0.25) is 0 Å². The highest BCUT2D eigenvalue weighted by Crippen LogP contribution is 2.47. The van der Waals surface area contributed by atoms with Crippen molar-refractivity contribution in [2.24, 2.45) is 5.92 Å². The quantitative estimate of drug-likeness (QED) is 0.234. The van der Waals surface area contributed by atoms with Gasteiger partial charge in [0.1, 0.15) is 17.4 Å². The summed E-state index contributed by atoms with van der Waals surface area (Å²) in [6.07, 6.45) is 0.449. The first-order chi connectivity index (χ1) is 17.6. The average molecular weight is 478 g/mol. The highest BCUT2D eigenvalue weighted by atomic mass is 16.5. The van der Waals surface area contributed by atoms with E-state index >= 15 is 0 Å². The molecular weight excluding hydrogens is 450 g/mol. The van der Waals surface area contributed by atoms with Crippen LogP contribution in [0.5, 0.6) is 0 Å². The molecule has 0 amide bonds. The average Bonchev–Trinajstić information content (AvgIpc) is 3.31. The van der Waals surface area contributed by atoms with Crippen molar-refractivity contribution in [3.05, 3.63) is 114 Å². The van der Waals surface area contributed by atoms with Gasteiger partial charge in [-0.05, 0) is 49.1 Å². The van der Waals surface area contributed by atoms with Gasteiger partial charge in [0.05, 0.1) is 6.61 Å². The second kappa shape index (κ2) is 10.2. The summed E-state index contributed by atoms with van der Waals surface area (Å²) < 4.78 is 11.5. The number of ketones is 1. The molecule has 3 aromatic carbocycles. The van der Waals surface area contributed by atoms with Crippen molar-refractivity contribution in [1.82, 2.24) is 4.98 Å². The number of benzene rings is 3. The summed E-state index contributed by atoms with van der Waals surface area (Å²) in [7, 11) is 0. The standard InChI is InChI=1S/C31H27NO4/c1-3-35-31(34)27-24(21-13-7-4-8-14-21)19-25(26(29(27)33)22-15-9-5-10-16-22)28-20(2)36-30(32-28)23-17-11-6-12-18-23/h4-18,24,27H,3,19H2,1-2H3. The molecule has 2 atom stereocenters. The Morgan fingerprint density at radius 3 is 2.11 bits per heavy atom. The predicted molar refractivity (Wildman–Crippen MR) is 139 cm³/mol. The lowest BCUT2D eigenvalue weighted by Gasteiger charge is -2.32. The fourth-order valence-electron chi connectivity index (χ4n) is 4.96. The van der Waals surface area contributed by atoms with Gasteiger partial charge in [-0.1, -0.05) is 78.9 Å². The molecule has 0 aliphatic heterocycles. The molecule has 2 unspecified atom stereocenters. The zero-order valence-electron chi connectivity index (χ0n) is 20.3. The number of aryl methyl sites for hydroxylation is 1. The van der Waals surface area contributed by atoms with Crippen LogP contribution in [0.4, 0.5) is 0 Å². The van der Waals surface area contributed by atoms with Crippen LogP contribution in [-0.4, -0.2) is 23.3 Å². The van der Waals surface area contributed by atoms with E-state index in [1.54, 1.807) is 6.92 Å². The van der Waals surface area contributed by atoms with Crippen LogP contribution >= 0.6 is 0 Å². The van der Waals surface area contributed by atoms with Gasteiger partial charge in [0.15, 0.2) is 5.78 Å². The van der Waals surface area contributed by atoms with Crippen molar-refractivity contribution in [2.45, 2.75) is 26.2 Å². The first-order valence-electron chi connectivity index (χ1n) is 12.2. The molecule has 180 valence electrons. The number of ether oxygens (including phenoxy) is 1. The summed E-state index contributed by atoms with van der Waals surface area (Å²) in [5, 5.41) is 0. The zero-order valence-corrected chi connectivity index (χ0v) is 20.3. The molecule has 0 saturated carbocycles. The summed E-state index contributed by atoms with van der Waals surface area (Å²) in [6, 6.07) is 28.9. The van der Waals surface area contributed by atoms with E-state index in [-0.39, 0.29) is 18.3 Å². The molecule has 5 heteroatoms. The number of oxazole rings is 1. The second-order valence-electron chi connectivity index (χ2n) is 8.82. The summed E-state index contributed by atoms with van der Waals surface area (Å²) in [5.41, 5.74) is 4.45. The van der Waals surface area contributed by atoms with Crippen LogP contribution in [0.1, 0.15) is 41.8 Å². The Morgan fingerprint density at radius 2 is 1.50 bits per heavy atom. The number of carbonyl (C=O) groups is 2. The molecular formula is C31H27NO4. The van der Waals surface area contributed by atoms with E-state index in [1.807, 2.05) is 97.9 Å². The molecule has 4 aromatic rings. The minimum Gasteiger partial charge on any atom is -0.465 e. The van der Waals surface area contributed by atoms with Crippen LogP contribution in [-0.2, 0) is 14.3 Å². The molecule has 1 aliphatic carbocycles. The predicted octanol–water partition coefficient (Wildman–Crippen LogP) is 6.50. The Kier molecular flexibility index (Phi) is 6.63. The van der Waals surface area contributed by atoms with E-state index in [1.165, 1.54) is 0 Å². The lowest BCUT2D eigenvalue weighted by Crippen LogP contribution is -2.36. The molecule has 0 bridgehead atoms. The van der Waals surface area contributed by atoms with Gasteiger partial charge in [-0.3, -0.25) is 9.59 Å². The van der Waals surface area contributed by atoms with Crippen LogP contribution in [0, 0.1) is 12.8 Å². The third-order valence-corrected chi connectivity index (χ3v) is 6.59. The van der Waals surface area contributed by atoms with Gasteiger partial charge in [0.25, 0.3) is 0 Å². The summed E-state index contributed by atoms with van der Waals surface area (Å²) in [5.74, 6) is -0.932. The van der Waals surface area contributed by atoms with Crippen LogP contribution in [0.25, 0.3) is 22.6 Å². The number of rotatable bonds is 6. The third kappa shape index (κ3) is 4.40. The van der Waals surface area contributed by atoms with E-state index in [2.05, 4.69) is 0 Å². The largest absolute Gasteiger partial charge is 0.465 e. The highest BCUT2D eigenvalue weighted by molar-refractivity contribution is 6.33. The first kappa shape index (κ1) is 23.5. The van der Waals surface area contributed by atoms with Crippen molar-refractivity contribution in [2.75, 3.05) is 6.61 Å². The van der Waals surface area contributed by atoms with E-state index < -0.39 is 11.9 Å². The summed E-state index contributed by atoms with van der Waals surface area (Å²) in [4.78, 5) is 32.2. The van der Waals surface area contributed by atoms with Gasteiger partial charge >= 0.3 is 5.97 Å². The molecule has 5 nitrogen and oxygen atoms in total. The smallest absolute Gasteiger partial charge is 0.317 e. The maximum atomic E-state index is 14.2. The summed E-state index contributed by atoms with van der Waals surface area (Å²) >= 11 is 0. The van der Waals surface area contributed by atoms with E-state index in [4.69, 9.17) is 14.1 Å². The van der Waals surface area contributed by atoms with Gasteiger partial charge < -0.3 is 9.15 Å². The molecule has 0 radical (unpaired) electrons. The Balaban J connectivity index is 1.72.